The van der Waals surface area contributed by atoms with Gasteiger partial charge in [-0.15, -0.1) is 0 Å². The number of nitrogens with zero attached hydrogens (tertiary/aromatic N) is 3. The van der Waals surface area contributed by atoms with E-state index >= 15 is 0 Å². The quantitative estimate of drug-likeness (QED) is 0.914. The number of benzene rings is 1. The van der Waals surface area contributed by atoms with Crippen molar-refractivity contribution in [2.75, 3.05) is 11.4 Å². The number of carbonyl (C=O) groups excluding carboxylic acids is 2. The number of para-hydroxylation sites is 1. The predicted octanol–water partition coefficient (Wildman–Crippen LogP) is 2.49. The summed E-state index contributed by atoms with van der Waals surface area (Å²) in [6.45, 7) is 3.80. The summed E-state index contributed by atoms with van der Waals surface area (Å²) in [6, 6.07) is 12.6. The van der Waals surface area contributed by atoms with Gasteiger partial charge >= 0.3 is 0 Å². The lowest BCUT2D eigenvalue weighted by atomic mass is 9.96. The summed E-state index contributed by atoms with van der Waals surface area (Å²) in [5.41, 5.74) is 3.01. The molecule has 0 fully saturated rings. The van der Waals surface area contributed by atoms with Crippen molar-refractivity contribution in [3.63, 3.8) is 0 Å². The molecule has 0 aliphatic carbocycles. The molecule has 0 bridgehead atoms. The van der Waals surface area contributed by atoms with Crippen molar-refractivity contribution in [1.29, 1.82) is 5.26 Å². The van der Waals surface area contributed by atoms with Crippen molar-refractivity contribution in [2.24, 2.45) is 0 Å². The Labute approximate surface area is 146 Å². The fourth-order valence-corrected chi connectivity index (χ4v) is 3.08. The minimum absolute atomic E-state index is 0.0124. The monoisotopic (exact) mass is 334 g/mol. The average Bonchev–Trinajstić information content (AvgIpc) is 2.61. The fraction of sp³-hybridized carbons (Fsp3) is 0.263. The van der Waals surface area contributed by atoms with Crippen LogP contribution in [0.15, 0.2) is 36.4 Å². The van der Waals surface area contributed by atoms with Gasteiger partial charge in [0.15, 0.2) is 0 Å². The molecule has 1 aromatic heterocycles. The summed E-state index contributed by atoms with van der Waals surface area (Å²) in [5.74, 6) is -0.301. The minimum Gasteiger partial charge on any atom is -0.344 e. The Kier molecular flexibility index (Phi) is 4.48. The number of rotatable bonds is 2. The van der Waals surface area contributed by atoms with Crippen molar-refractivity contribution in [1.82, 2.24) is 10.3 Å². The largest absolute Gasteiger partial charge is 0.344 e. The molecule has 1 N–H and O–H groups in total. The summed E-state index contributed by atoms with van der Waals surface area (Å²) >= 11 is 0. The van der Waals surface area contributed by atoms with Crippen LogP contribution in [0.4, 0.5) is 5.69 Å². The number of nitriles is 1. The molecule has 0 radical (unpaired) electrons. The Morgan fingerprint density at radius 1 is 1.28 bits per heavy atom. The number of hydrogen-bond donors (Lipinski definition) is 1. The van der Waals surface area contributed by atoms with Gasteiger partial charge in [0.05, 0.1) is 17.3 Å². The Balaban J connectivity index is 1.85. The van der Waals surface area contributed by atoms with Gasteiger partial charge in [-0.3, -0.25) is 9.59 Å². The maximum Gasteiger partial charge on any atom is 0.270 e. The first-order valence-electron chi connectivity index (χ1n) is 8.07. The van der Waals surface area contributed by atoms with Crippen molar-refractivity contribution in [3.05, 3.63) is 58.9 Å². The number of pyridine rings is 1. The van der Waals surface area contributed by atoms with E-state index in [1.807, 2.05) is 30.3 Å². The number of nitrogens with one attached hydrogen (secondary N) is 1. The molecule has 1 atom stereocenters. The van der Waals surface area contributed by atoms with E-state index in [0.29, 0.717) is 24.2 Å². The third kappa shape index (κ3) is 3.22. The maximum atomic E-state index is 12.6. The van der Waals surface area contributed by atoms with Gasteiger partial charge < -0.3 is 10.2 Å². The van der Waals surface area contributed by atoms with Crippen molar-refractivity contribution < 1.29 is 9.59 Å². The van der Waals surface area contributed by atoms with Gasteiger partial charge in [0, 0.05) is 19.2 Å². The number of carbonyl (C=O) groups is 2. The second-order valence-corrected chi connectivity index (χ2v) is 5.99. The van der Waals surface area contributed by atoms with Crippen LogP contribution >= 0.6 is 0 Å². The van der Waals surface area contributed by atoms with Crippen LogP contribution < -0.4 is 10.2 Å². The first kappa shape index (κ1) is 16.7. The molecular weight excluding hydrogens is 316 g/mol. The van der Waals surface area contributed by atoms with Crippen LogP contribution in [0.2, 0.25) is 0 Å². The van der Waals surface area contributed by atoms with Gasteiger partial charge in [0.25, 0.3) is 5.91 Å². The lowest BCUT2D eigenvalue weighted by Crippen LogP contribution is -2.40. The standard InChI is InChI=1S/C19H18N4O2/c1-12-14(11-20)7-8-17(21-12)19(25)22-16-9-10-23(13(2)24)18-6-4-3-5-15(16)18/h3-8,16H,9-10H2,1-2H3,(H,22,25). The highest BCUT2D eigenvalue weighted by Gasteiger charge is 2.28. The number of aromatic nitrogens is 1. The van der Waals surface area contributed by atoms with Crippen LogP contribution in [0.3, 0.4) is 0 Å². The van der Waals surface area contributed by atoms with Gasteiger partial charge in [-0.1, -0.05) is 18.2 Å². The molecule has 2 amide bonds. The molecule has 0 spiro atoms. The molecule has 1 aromatic carbocycles. The van der Waals surface area contributed by atoms with Gasteiger partial charge in [0.1, 0.15) is 11.8 Å². The molecule has 1 aliphatic rings. The van der Waals surface area contributed by atoms with E-state index in [-0.39, 0.29) is 23.6 Å². The van der Waals surface area contributed by atoms with Crippen LogP contribution in [-0.2, 0) is 4.79 Å². The minimum atomic E-state index is -0.288. The predicted molar refractivity (Wildman–Crippen MR) is 93.0 cm³/mol. The van der Waals surface area contributed by atoms with Crippen molar-refractivity contribution in [3.8, 4) is 6.07 Å². The SMILES string of the molecule is CC(=O)N1CCC(NC(=O)c2ccc(C#N)c(C)n2)c2ccccc21. The second-order valence-electron chi connectivity index (χ2n) is 5.99. The number of aryl methyl sites for hydroxylation is 1. The Hall–Kier alpha value is -3.20. The maximum absolute atomic E-state index is 12.6. The van der Waals surface area contributed by atoms with E-state index < -0.39 is 0 Å². The smallest absolute Gasteiger partial charge is 0.270 e. The molecule has 0 saturated heterocycles. The summed E-state index contributed by atoms with van der Waals surface area (Å²) in [5, 5.41) is 12.0. The molecule has 25 heavy (non-hydrogen) atoms. The Morgan fingerprint density at radius 2 is 2.04 bits per heavy atom. The van der Waals surface area contributed by atoms with E-state index in [2.05, 4.69) is 10.3 Å². The fourth-order valence-electron chi connectivity index (χ4n) is 3.08. The van der Waals surface area contributed by atoms with E-state index in [0.717, 1.165) is 11.3 Å². The zero-order valence-corrected chi connectivity index (χ0v) is 14.1. The lowest BCUT2D eigenvalue weighted by Gasteiger charge is -2.34. The first-order valence-corrected chi connectivity index (χ1v) is 8.07. The summed E-state index contributed by atoms with van der Waals surface area (Å²) in [6.07, 6.45) is 0.637. The summed E-state index contributed by atoms with van der Waals surface area (Å²) in [7, 11) is 0. The van der Waals surface area contributed by atoms with Crippen molar-refractivity contribution >= 4 is 17.5 Å². The molecule has 126 valence electrons. The number of fused-ring (bicyclic) bond motifs is 1. The second kappa shape index (κ2) is 6.73. The first-order chi connectivity index (χ1) is 12.0. The molecular formula is C19H18N4O2. The topological polar surface area (TPSA) is 86.1 Å². The van der Waals surface area contributed by atoms with Gasteiger partial charge in [-0.25, -0.2) is 4.98 Å². The van der Waals surface area contributed by atoms with Crippen LogP contribution in [-0.4, -0.2) is 23.3 Å². The Bertz CT molecular complexity index is 885. The van der Waals surface area contributed by atoms with Crippen LogP contribution in [0, 0.1) is 18.3 Å². The molecule has 6 nitrogen and oxygen atoms in total. The van der Waals surface area contributed by atoms with Gasteiger partial charge in [-0.05, 0) is 37.1 Å². The lowest BCUT2D eigenvalue weighted by molar-refractivity contribution is -0.116. The van der Waals surface area contributed by atoms with E-state index in [1.54, 1.807) is 30.9 Å². The van der Waals surface area contributed by atoms with E-state index in [4.69, 9.17) is 5.26 Å². The van der Waals surface area contributed by atoms with Crippen LogP contribution in [0.1, 0.15) is 46.7 Å². The van der Waals surface area contributed by atoms with Gasteiger partial charge in [0.2, 0.25) is 5.91 Å². The third-order valence-corrected chi connectivity index (χ3v) is 4.37. The zero-order chi connectivity index (χ0) is 18.0. The van der Waals surface area contributed by atoms with Crippen LogP contribution in [0.5, 0.6) is 0 Å². The molecule has 0 saturated carbocycles. The molecule has 6 heteroatoms. The zero-order valence-electron chi connectivity index (χ0n) is 14.1. The summed E-state index contributed by atoms with van der Waals surface area (Å²) in [4.78, 5) is 30.3. The average molecular weight is 334 g/mol. The molecule has 2 heterocycles. The molecule has 1 unspecified atom stereocenters. The van der Waals surface area contributed by atoms with Crippen molar-refractivity contribution in [2.45, 2.75) is 26.3 Å². The third-order valence-electron chi connectivity index (χ3n) is 4.37. The number of amides is 2. The number of anilines is 1. The highest BCUT2D eigenvalue weighted by molar-refractivity contribution is 5.95. The highest BCUT2D eigenvalue weighted by atomic mass is 16.2. The molecule has 1 aliphatic heterocycles. The van der Waals surface area contributed by atoms with E-state index in [1.165, 1.54) is 0 Å². The normalized spacial score (nSPS) is 15.9. The molecule has 3 rings (SSSR count). The molecule has 2 aromatic rings. The highest BCUT2D eigenvalue weighted by Crippen LogP contribution is 2.33. The number of hydrogen-bond acceptors (Lipinski definition) is 4. The summed E-state index contributed by atoms with van der Waals surface area (Å²) < 4.78 is 0. The van der Waals surface area contributed by atoms with E-state index in [9.17, 15) is 9.59 Å². The van der Waals surface area contributed by atoms with Gasteiger partial charge in [-0.2, -0.15) is 5.26 Å². The van der Waals surface area contributed by atoms with Crippen LogP contribution in [0.25, 0.3) is 0 Å². The Morgan fingerprint density at radius 3 is 2.72 bits per heavy atom.